The van der Waals surface area contributed by atoms with Crippen molar-refractivity contribution in [1.82, 2.24) is 4.98 Å². The number of hydrogen-bond donors (Lipinski definition) is 1. The molecule has 2 rings (SSSR count). The lowest BCUT2D eigenvalue weighted by Gasteiger charge is -2.38. The molecule has 92 valence electrons. The lowest BCUT2D eigenvalue weighted by Crippen LogP contribution is -2.42. The van der Waals surface area contributed by atoms with E-state index in [1.807, 2.05) is 0 Å². The van der Waals surface area contributed by atoms with Crippen LogP contribution in [0.15, 0.2) is 18.5 Å². The van der Waals surface area contributed by atoms with Gasteiger partial charge in [0.1, 0.15) is 0 Å². The summed E-state index contributed by atoms with van der Waals surface area (Å²) in [5.41, 5.74) is -1.93. The molecule has 0 unspecified atom stereocenters. The minimum Gasteiger partial charge on any atom is -0.481 e. The lowest BCUT2D eigenvalue weighted by atomic mass is 9.65. The van der Waals surface area contributed by atoms with E-state index in [1.54, 1.807) is 0 Å². The molecule has 1 saturated carbocycles. The van der Waals surface area contributed by atoms with E-state index in [0.717, 1.165) is 6.07 Å². The van der Waals surface area contributed by atoms with E-state index in [4.69, 9.17) is 5.11 Å². The number of nitrogens with zero attached hydrogens (tertiary/aromatic N) is 1. The molecule has 0 amide bonds. The van der Waals surface area contributed by atoms with Crippen LogP contribution in [0.1, 0.15) is 30.4 Å². The van der Waals surface area contributed by atoms with Crippen LogP contribution in [0.2, 0.25) is 0 Å². The number of halogens is 3. The van der Waals surface area contributed by atoms with Gasteiger partial charge in [-0.2, -0.15) is 13.2 Å². The van der Waals surface area contributed by atoms with Crippen molar-refractivity contribution in [3.05, 3.63) is 29.6 Å². The van der Waals surface area contributed by atoms with Crippen molar-refractivity contribution in [3.63, 3.8) is 0 Å². The third kappa shape index (κ3) is 1.87. The summed E-state index contributed by atoms with van der Waals surface area (Å²) in [4.78, 5) is 14.7. The van der Waals surface area contributed by atoms with E-state index in [0.29, 0.717) is 25.5 Å². The maximum absolute atomic E-state index is 12.5. The Bertz CT molecular complexity index is 452. The third-order valence-electron chi connectivity index (χ3n) is 3.23. The first-order chi connectivity index (χ1) is 7.86. The van der Waals surface area contributed by atoms with E-state index in [2.05, 4.69) is 4.98 Å². The molecule has 1 fully saturated rings. The lowest BCUT2D eigenvalue weighted by molar-refractivity contribution is -0.148. The fourth-order valence-electron chi connectivity index (χ4n) is 2.01. The fraction of sp³-hybridized carbons (Fsp3) is 0.455. The summed E-state index contributed by atoms with van der Waals surface area (Å²) in [6.45, 7) is 0. The SMILES string of the molecule is O=C(O)C1(c2cncc(C(F)(F)F)c2)CCC1. The zero-order chi connectivity index (χ0) is 12.7. The van der Waals surface area contributed by atoms with Gasteiger partial charge in [0.2, 0.25) is 0 Å². The number of alkyl halides is 3. The van der Waals surface area contributed by atoms with E-state index in [-0.39, 0.29) is 5.56 Å². The van der Waals surface area contributed by atoms with Crippen LogP contribution < -0.4 is 0 Å². The molecule has 0 bridgehead atoms. The zero-order valence-electron chi connectivity index (χ0n) is 8.79. The molecule has 17 heavy (non-hydrogen) atoms. The molecule has 0 aromatic carbocycles. The highest BCUT2D eigenvalue weighted by atomic mass is 19.4. The fourth-order valence-corrected chi connectivity index (χ4v) is 2.01. The zero-order valence-corrected chi connectivity index (χ0v) is 8.79. The molecule has 1 aliphatic rings. The first kappa shape index (κ1) is 11.9. The second kappa shape index (κ2) is 3.72. The van der Waals surface area contributed by atoms with E-state index in [1.165, 1.54) is 6.20 Å². The maximum Gasteiger partial charge on any atom is 0.417 e. The summed E-state index contributed by atoms with van der Waals surface area (Å²) in [6, 6.07) is 0.889. The van der Waals surface area contributed by atoms with Crippen molar-refractivity contribution in [2.75, 3.05) is 0 Å². The predicted octanol–water partition coefficient (Wildman–Crippen LogP) is 2.61. The van der Waals surface area contributed by atoms with Crippen LogP contribution in [0, 0.1) is 0 Å². The van der Waals surface area contributed by atoms with Crippen molar-refractivity contribution < 1.29 is 23.1 Å². The van der Waals surface area contributed by atoms with Gasteiger partial charge < -0.3 is 5.11 Å². The highest BCUT2D eigenvalue weighted by molar-refractivity contribution is 5.82. The summed E-state index contributed by atoms with van der Waals surface area (Å²) in [7, 11) is 0. The minimum atomic E-state index is -4.49. The van der Waals surface area contributed by atoms with E-state index >= 15 is 0 Å². The summed E-state index contributed by atoms with van der Waals surface area (Å²) < 4.78 is 37.5. The van der Waals surface area contributed by atoms with Crippen molar-refractivity contribution in [3.8, 4) is 0 Å². The molecule has 0 radical (unpaired) electrons. The number of carboxylic acid groups (broad SMARTS) is 1. The van der Waals surface area contributed by atoms with Gasteiger partial charge in [-0.1, -0.05) is 6.42 Å². The molecule has 0 spiro atoms. The van der Waals surface area contributed by atoms with Crippen LogP contribution in [0.4, 0.5) is 13.2 Å². The Balaban J connectivity index is 2.43. The third-order valence-corrected chi connectivity index (χ3v) is 3.23. The van der Waals surface area contributed by atoms with Crippen molar-refractivity contribution >= 4 is 5.97 Å². The highest BCUT2D eigenvalue weighted by Crippen LogP contribution is 2.44. The van der Waals surface area contributed by atoms with Crippen LogP contribution in [-0.2, 0) is 16.4 Å². The van der Waals surface area contributed by atoms with Gasteiger partial charge in [0.25, 0.3) is 0 Å². The van der Waals surface area contributed by atoms with Crippen LogP contribution in [0.3, 0.4) is 0 Å². The van der Waals surface area contributed by atoms with E-state index < -0.39 is 23.1 Å². The topological polar surface area (TPSA) is 50.2 Å². The van der Waals surface area contributed by atoms with Gasteiger partial charge in [-0.3, -0.25) is 9.78 Å². The van der Waals surface area contributed by atoms with Crippen molar-refractivity contribution in [2.24, 2.45) is 0 Å². The summed E-state index contributed by atoms with van der Waals surface area (Å²) in [5.74, 6) is -1.08. The summed E-state index contributed by atoms with van der Waals surface area (Å²) in [6.07, 6.45) is -1.13. The van der Waals surface area contributed by atoms with Crippen LogP contribution in [-0.4, -0.2) is 16.1 Å². The Morgan fingerprint density at radius 3 is 2.41 bits per heavy atom. The molecule has 0 aliphatic heterocycles. The smallest absolute Gasteiger partial charge is 0.417 e. The molecular formula is C11H10F3NO2. The second-order valence-electron chi connectivity index (χ2n) is 4.20. The van der Waals surface area contributed by atoms with Gasteiger partial charge in [-0.15, -0.1) is 0 Å². The Labute approximate surface area is 95.3 Å². The number of aliphatic carboxylic acids is 1. The monoisotopic (exact) mass is 245 g/mol. The van der Waals surface area contributed by atoms with E-state index in [9.17, 15) is 18.0 Å². The normalized spacial score (nSPS) is 18.5. The van der Waals surface area contributed by atoms with Gasteiger partial charge in [0.05, 0.1) is 11.0 Å². The molecule has 3 nitrogen and oxygen atoms in total. The average Bonchev–Trinajstić information content (AvgIpc) is 2.14. The first-order valence-corrected chi connectivity index (χ1v) is 5.12. The predicted molar refractivity (Wildman–Crippen MR) is 52.4 cm³/mol. The van der Waals surface area contributed by atoms with Crippen LogP contribution in [0.5, 0.6) is 0 Å². The second-order valence-corrected chi connectivity index (χ2v) is 4.20. The number of carboxylic acids is 1. The number of hydrogen-bond acceptors (Lipinski definition) is 2. The Hall–Kier alpha value is -1.59. The summed E-state index contributed by atoms with van der Waals surface area (Å²) >= 11 is 0. The van der Waals surface area contributed by atoms with Gasteiger partial charge >= 0.3 is 12.1 Å². The number of pyridine rings is 1. The van der Waals surface area contributed by atoms with Crippen molar-refractivity contribution in [1.29, 1.82) is 0 Å². The Kier molecular flexibility index (Phi) is 2.60. The quantitative estimate of drug-likeness (QED) is 0.871. The number of rotatable bonds is 2. The molecule has 1 aliphatic carbocycles. The Morgan fingerprint density at radius 1 is 1.35 bits per heavy atom. The van der Waals surface area contributed by atoms with Crippen LogP contribution in [0.25, 0.3) is 0 Å². The van der Waals surface area contributed by atoms with Crippen molar-refractivity contribution in [2.45, 2.75) is 30.9 Å². The molecule has 1 heterocycles. The largest absolute Gasteiger partial charge is 0.481 e. The minimum absolute atomic E-state index is 0.145. The molecule has 0 atom stereocenters. The Morgan fingerprint density at radius 2 is 2.00 bits per heavy atom. The molecule has 1 aromatic rings. The molecular weight excluding hydrogens is 235 g/mol. The van der Waals surface area contributed by atoms with Gasteiger partial charge in [0.15, 0.2) is 0 Å². The highest BCUT2D eigenvalue weighted by Gasteiger charge is 2.47. The summed E-state index contributed by atoms with van der Waals surface area (Å²) in [5, 5.41) is 9.12. The number of carbonyl (C=O) groups is 1. The van der Waals surface area contributed by atoms with Gasteiger partial charge in [0, 0.05) is 12.4 Å². The molecule has 1 aromatic heterocycles. The van der Waals surface area contributed by atoms with Crippen LogP contribution >= 0.6 is 0 Å². The first-order valence-electron chi connectivity index (χ1n) is 5.12. The maximum atomic E-state index is 12.5. The molecule has 6 heteroatoms. The molecule has 1 N–H and O–H groups in total. The standard InChI is InChI=1S/C11H10F3NO2/c12-11(13,14)8-4-7(5-15-6-8)10(9(16)17)2-1-3-10/h4-6H,1-3H2,(H,16,17). The molecule has 0 saturated heterocycles. The number of aromatic nitrogens is 1. The van der Waals surface area contributed by atoms with Gasteiger partial charge in [-0.05, 0) is 24.5 Å². The average molecular weight is 245 g/mol. The van der Waals surface area contributed by atoms with Gasteiger partial charge in [-0.25, -0.2) is 0 Å².